The van der Waals surface area contributed by atoms with Crippen molar-refractivity contribution in [3.8, 4) is 5.75 Å². The SMILES string of the molecule is CCOC(=N/C(=N/C(=O)Oc1ccc(C)cc1)c1ccccc1)c1ccccc1. The van der Waals surface area contributed by atoms with Crippen LogP contribution in [0.1, 0.15) is 23.6 Å². The molecule has 0 aromatic heterocycles. The summed E-state index contributed by atoms with van der Waals surface area (Å²) < 4.78 is 11.0. The van der Waals surface area contributed by atoms with Crippen molar-refractivity contribution >= 4 is 17.8 Å². The molecule has 0 fully saturated rings. The molecule has 5 heteroatoms. The Morgan fingerprint density at radius 3 is 1.97 bits per heavy atom. The highest BCUT2D eigenvalue weighted by Gasteiger charge is 2.12. The van der Waals surface area contributed by atoms with Gasteiger partial charge in [0.1, 0.15) is 5.75 Å². The molecule has 0 aliphatic heterocycles. The molecule has 0 radical (unpaired) electrons. The third-order valence-corrected chi connectivity index (χ3v) is 3.96. The summed E-state index contributed by atoms with van der Waals surface area (Å²) in [5.41, 5.74) is 2.55. The Balaban J connectivity index is 1.96. The zero-order valence-corrected chi connectivity index (χ0v) is 16.4. The van der Waals surface area contributed by atoms with E-state index in [2.05, 4.69) is 9.98 Å². The summed E-state index contributed by atoms with van der Waals surface area (Å²) in [7, 11) is 0. The summed E-state index contributed by atoms with van der Waals surface area (Å²) in [5.74, 6) is 1.03. The minimum absolute atomic E-state index is 0.218. The number of carbonyl (C=O) groups excluding carboxylic acids is 1. The van der Waals surface area contributed by atoms with Gasteiger partial charge in [-0.25, -0.2) is 4.79 Å². The van der Waals surface area contributed by atoms with Crippen LogP contribution < -0.4 is 4.74 Å². The van der Waals surface area contributed by atoms with Crippen molar-refractivity contribution < 1.29 is 14.3 Å². The minimum atomic E-state index is -0.750. The molecular weight excluding hydrogens is 364 g/mol. The molecule has 0 bridgehead atoms. The van der Waals surface area contributed by atoms with Gasteiger partial charge in [-0.3, -0.25) is 0 Å². The Morgan fingerprint density at radius 1 is 0.793 bits per heavy atom. The van der Waals surface area contributed by atoms with Crippen molar-refractivity contribution in [2.24, 2.45) is 9.98 Å². The first-order valence-electron chi connectivity index (χ1n) is 9.35. The third kappa shape index (κ3) is 5.87. The van der Waals surface area contributed by atoms with Crippen molar-refractivity contribution in [1.82, 2.24) is 0 Å². The fourth-order valence-corrected chi connectivity index (χ4v) is 2.55. The normalized spacial score (nSPS) is 11.8. The summed E-state index contributed by atoms with van der Waals surface area (Å²) in [6.07, 6.45) is -0.750. The van der Waals surface area contributed by atoms with Gasteiger partial charge in [0.05, 0.1) is 6.61 Å². The van der Waals surface area contributed by atoms with Crippen molar-refractivity contribution in [2.45, 2.75) is 13.8 Å². The first-order chi connectivity index (χ1) is 14.2. The standard InChI is InChI=1S/C24H22N2O3/c1-3-28-23(20-12-8-5-9-13-20)25-22(19-10-6-4-7-11-19)26-24(27)29-21-16-14-18(2)15-17-21/h4-17H,3H2,1-2H3/b25-23?,26-22+. The van der Waals surface area contributed by atoms with Gasteiger partial charge in [-0.15, -0.1) is 0 Å². The zero-order valence-electron chi connectivity index (χ0n) is 16.4. The van der Waals surface area contributed by atoms with Gasteiger partial charge in [0.2, 0.25) is 5.90 Å². The molecule has 3 rings (SSSR count). The van der Waals surface area contributed by atoms with Crippen LogP contribution in [-0.2, 0) is 4.74 Å². The van der Waals surface area contributed by atoms with Gasteiger partial charge in [0.25, 0.3) is 0 Å². The number of amides is 1. The number of aryl methyl sites for hydroxylation is 1. The van der Waals surface area contributed by atoms with E-state index in [0.29, 0.717) is 23.8 Å². The molecule has 146 valence electrons. The maximum absolute atomic E-state index is 12.4. The largest absolute Gasteiger partial charge is 0.477 e. The van der Waals surface area contributed by atoms with Crippen LogP contribution in [0.5, 0.6) is 5.75 Å². The topological polar surface area (TPSA) is 60.2 Å². The van der Waals surface area contributed by atoms with Crippen molar-refractivity contribution in [1.29, 1.82) is 0 Å². The second kappa shape index (κ2) is 9.99. The molecule has 0 N–H and O–H groups in total. The third-order valence-electron chi connectivity index (χ3n) is 3.96. The lowest BCUT2D eigenvalue weighted by Gasteiger charge is -2.09. The van der Waals surface area contributed by atoms with E-state index in [1.54, 1.807) is 12.1 Å². The highest BCUT2D eigenvalue weighted by Crippen LogP contribution is 2.13. The minimum Gasteiger partial charge on any atom is -0.477 e. The summed E-state index contributed by atoms with van der Waals surface area (Å²) in [6, 6.07) is 25.9. The van der Waals surface area contributed by atoms with E-state index in [4.69, 9.17) is 9.47 Å². The summed E-state index contributed by atoms with van der Waals surface area (Å²) in [5, 5.41) is 0. The Hall–Kier alpha value is -3.73. The van der Waals surface area contributed by atoms with Crippen LogP contribution in [0.25, 0.3) is 0 Å². The van der Waals surface area contributed by atoms with Crippen LogP contribution in [-0.4, -0.2) is 24.4 Å². The van der Waals surface area contributed by atoms with E-state index >= 15 is 0 Å². The molecule has 0 unspecified atom stereocenters. The monoisotopic (exact) mass is 386 g/mol. The number of benzene rings is 3. The zero-order chi connectivity index (χ0) is 20.5. The molecule has 0 atom stereocenters. The Kier molecular flexibility index (Phi) is 6.90. The maximum Gasteiger partial charge on any atom is 0.441 e. The number of hydrogen-bond donors (Lipinski definition) is 0. The van der Waals surface area contributed by atoms with Gasteiger partial charge >= 0.3 is 6.09 Å². The van der Waals surface area contributed by atoms with Gasteiger partial charge in [0.15, 0.2) is 5.84 Å². The van der Waals surface area contributed by atoms with E-state index in [1.165, 1.54) is 0 Å². The lowest BCUT2D eigenvalue weighted by Crippen LogP contribution is -2.13. The fourth-order valence-electron chi connectivity index (χ4n) is 2.55. The van der Waals surface area contributed by atoms with Gasteiger partial charge in [-0.1, -0.05) is 66.2 Å². The second-order valence-corrected chi connectivity index (χ2v) is 6.20. The number of carbonyl (C=O) groups is 1. The number of ether oxygens (including phenoxy) is 2. The molecule has 0 heterocycles. The Morgan fingerprint density at radius 2 is 1.38 bits per heavy atom. The van der Waals surface area contributed by atoms with Crippen LogP contribution in [0, 0.1) is 6.92 Å². The summed E-state index contributed by atoms with van der Waals surface area (Å²) >= 11 is 0. The van der Waals surface area contributed by atoms with Gasteiger partial charge in [-0.2, -0.15) is 9.98 Å². The average molecular weight is 386 g/mol. The first-order valence-corrected chi connectivity index (χ1v) is 9.35. The molecule has 3 aromatic carbocycles. The van der Waals surface area contributed by atoms with E-state index in [0.717, 1.165) is 11.1 Å². The predicted molar refractivity (Wildman–Crippen MR) is 115 cm³/mol. The lowest BCUT2D eigenvalue weighted by molar-refractivity contribution is 0.211. The van der Waals surface area contributed by atoms with E-state index < -0.39 is 6.09 Å². The Labute approximate surface area is 170 Å². The highest BCUT2D eigenvalue weighted by atomic mass is 16.5. The number of aliphatic imine (C=N–C) groups is 2. The number of hydrogen-bond acceptors (Lipinski definition) is 3. The molecule has 3 aromatic rings. The van der Waals surface area contributed by atoms with Crippen LogP contribution >= 0.6 is 0 Å². The molecule has 0 saturated heterocycles. The molecule has 29 heavy (non-hydrogen) atoms. The van der Waals surface area contributed by atoms with Crippen LogP contribution in [0.4, 0.5) is 4.79 Å². The van der Waals surface area contributed by atoms with Crippen molar-refractivity contribution in [2.75, 3.05) is 6.61 Å². The second-order valence-electron chi connectivity index (χ2n) is 6.20. The molecule has 0 saturated carbocycles. The summed E-state index contributed by atoms with van der Waals surface area (Å²) in [6.45, 7) is 4.28. The summed E-state index contributed by atoms with van der Waals surface area (Å²) in [4.78, 5) is 21.1. The fraction of sp³-hybridized carbons (Fsp3) is 0.125. The predicted octanol–water partition coefficient (Wildman–Crippen LogP) is 5.42. The first kappa shape index (κ1) is 20.0. The van der Waals surface area contributed by atoms with Crippen molar-refractivity contribution in [3.63, 3.8) is 0 Å². The van der Waals surface area contributed by atoms with E-state index in [-0.39, 0.29) is 5.84 Å². The number of nitrogens with zero attached hydrogens (tertiary/aromatic N) is 2. The molecule has 0 aliphatic rings. The molecular formula is C24H22N2O3. The highest BCUT2D eigenvalue weighted by molar-refractivity contribution is 6.12. The van der Waals surface area contributed by atoms with Crippen LogP contribution in [0.15, 0.2) is 94.9 Å². The van der Waals surface area contributed by atoms with Gasteiger partial charge in [-0.05, 0) is 38.1 Å². The maximum atomic E-state index is 12.4. The van der Waals surface area contributed by atoms with E-state index in [9.17, 15) is 4.79 Å². The molecule has 1 amide bonds. The van der Waals surface area contributed by atoms with Crippen LogP contribution in [0.3, 0.4) is 0 Å². The van der Waals surface area contributed by atoms with Crippen molar-refractivity contribution in [3.05, 3.63) is 102 Å². The average Bonchev–Trinajstić information content (AvgIpc) is 2.75. The molecule has 5 nitrogen and oxygen atoms in total. The molecule has 0 spiro atoms. The quantitative estimate of drug-likeness (QED) is 0.444. The smallest absolute Gasteiger partial charge is 0.441 e. The van der Waals surface area contributed by atoms with Crippen LogP contribution in [0.2, 0.25) is 0 Å². The van der Waals surface area contributed by atoms with Gasteiger partial charge < -0.3 is 9.47 Å². The molecule has 0 aliphatic carbocycles. The van der Waals surface area contributed by atoms with E-state index in [1.807, 2.05) is 86.6 Å². The lowest BCUT2D eigenvalue weighted by atomic mass is 10.2. The van der Waals surface area contributed by atoms with Gasteiger partial charge in [0, 0.05) is 11.1 Å². The number of rotatable bonds is 4. The number of amidine groups is 1. The Bertz CT molecular complexity index is 995.